The number of anilines is 2. The number of carboxylic acid groups (broad SMARTS) is 1. The van der Waals surface area contributed by atoms with Crippen LogP contribution in [0.4, 0.5) is 16.2 Å². The number of nitrogens with zero attached hydrogens (tertiary/aromatic N) is 1. The number of alkyl carbamates (subject to hydrolysis) is 1. The minimum Gasteiger partial charge on any atom is -0.497 e. The van der Waals surface area contributed by atoms with Crippen LogP contribution < -0.4 is 20.1 Å². The fourth-order valence-corrected chi connectivity index (χ4v) is 4.35. The van der Waals surface area contributed by atoms with Crippen molar-refractivity contribution in [2.45, 2.75) is 52.7 Å². The SMILES string of the molecule is COc1ccc(Nc2ccc(-c3nc(CCOc4ccc(CCC(=O)O)c(CNC(=O)OC(C)C)c4)c(C)o3)cc2)cc1. The maximum absolute atomic E-state index is 12.0. The van der Waals surface area contributed by atoms with Crippen LogP contribution in [-0.4, -0.2) is 42.0 Å². The number of hydrogen-bond acceptors (Lipinski definition) is 8. The molecule has 0 radical (unpaired) electrons. The number of ether oxygens (including phenoxy) is 3. The van der Waals surface area contributed by atoms with E-state index < -0.39 is 12.1 Å². The lowest BCUT2D eigenvalue weighted by atomic mass is 10.0. The van der Waals surface area contributed by atoms with Gasteiger partial charge in [-0.1, -0.05) is 6.07 Å². The third-order valence-electron chi connectivity index (χ3n) is 6.56. The van der Waals surface area contributed by atoms with Gasteiger partial charge in [0.1, 0.15) is 17.3 Å². The molecule has 0 saturated heterocycles. The monoisotopic (exact) mass is 587 g/mol. The first-order valence-corrected chi connectivity index (χ1v) is 14.1. The van der Waals surface area contributed by atoms with Crippen LogP contribution in [-0.2, 0) is 28.9 Å². The van der Waals surface area contributed by atoms with E-state index in [0.717, 1.165) is 45.3 Å². The number of nitrogens with one attached hydrogen (secondary N) is 2. The fourth-order valence-electron chi connectivity index (χ4n) is 4.35. The van der Waals surface area contributed by atoms with E-state index in [1.54, 1.807) is 27.0 Å². The second-order valence-electron chi connectivity index (χ2n) is 10.2. The number of rotatable bonds is 14. The molecule has 43 heavy (non-hydrogen) atoms. The zero-order valence-electron chi connectivity index (χ0n) is 24.8. The van der Waals surface area contributed by atoms with E-state index in [0.29, 0.717) is 31.1 Å². The molecule has 10 heteroatoms. The Balaban J connectivity index is 1.35. The molecule has 4 aromatic rings. The predicted octanol–water partition coefficient (Wildman–Crippen LogP) is 6.68. The zero-order chi connectivity index (χ0) is 30.8. The molecule has 3 aromatic carbocycles. The first-order chi connectivity index (χ1) is 20.7. The van der Waals surface area contributed by atoms with Crippen LogP contribution in [0.25, 0.3) is 11.5 Å². The number of oxazole rings is 1. The number of aromatic nitrogens is 1. The molecular weight excluding hydrogens is 550 g/mol. The normalized spacial score (nSPS) is 10.8. The summed E-state index contributed by atoms with van der Waals surface area (Å²) in [6, 6.07) is 21.0. The van der Waals surface area contributed by atoms with E-state index in [-0.39, 0.29) is 19.1 Å². The summed E-state index contributed by atoms with van der Waals surface area (Å²) in [7, 11) is 1.64. The van der Waals surface area contributed by atoms with Crippen molar-refractivity contribution in [3.8, 4) is 23.0 Å². The maximum Gasteiger partial charge on any atom is 0.407 e. The van der Waals surface area contributed by atoms with Crippen LogP contribution in [0.15, 0.2) is 71.1 Å². The number of aryl methyl sites for hydroxylation is 2. The topological polar surface area (TPSA) is 132 Å². The zero-order valence-corrected chi connectivity index (χ0v) is 24.8. The molecule has 0 fully saturated rings. The summed E-state index contributed by atoms with van der Waals surface area (Å²) < 4.78 is 22.3. The highest BCUT2D eigenvalue weighted by molar-refractivity contribution is 5.68. The molecule has 0 unspecified atom stereocenters. The van der Waals surface area contributed by atoms with E-state index >= 15 is 0 Å². The van der Waals surface area contributed by atoms with Crippen LogP contribution in [0.2, 0.25) is 0 Å². The Hall–Kier alpha value is -4.99. The van der Waals surface area contributed by atoms with E-state index in [9.17, 15) is 9.59 Å². The first kappa shape index (κ1) is 31.0. The molecule has 0 aliphatic carbocycles. The van der Waals surface area contributed by atoms with E-state index in [4.69, 9.17) is 28.7 Å². The number of carbonyl (C=O) groups excluding carboxylic acids is 1. The Morgan fingerprint density at radius 1 is 0.930 bits per heavy atom. The van der Waals surface area contributed by atoms with Gasteiger partial charge in [0.15, 0.2) is 0 Å². The van der Waals surface area contributed by atoms with Gasteiger partial charge in [0.05, 0.1) is 25.5 Å². The van der Waals surface area contributed by atoms with Crippen molar-refractivity contribution in [2.75, 3.05) is 19.0 Å². The highest BCUT2D eigenvalue weighted by Crippen LogP contribution is 2.26. The molecule has 4 rings (SSSR count). The van der Waals surface area contributed by atoms with Crippen molar-refractivity contribution >= 4 is 23.4 Å². The molecule has 10 nitrogen and oxygen atoms in total. The highest BCUT2D eigenvalue weighted by Gasteiger charge is 2.14. The summed E-state index contributed by atoms with van der Waals surface area (Å²) in [5, 5.41) is 15.2. The number of hydrogen-bond donors (Lipinski definition) is 3. The van der Waals surface area contributed by atoms with Crippen molar-refractivity contribution in [3.63, 3.8) is 0 Å². The molecule has 0 saturated carbocycles. The average Bonchev–Trinajstić information content (AvgIpc) is 3.36. The van der Waals surface area contributed by atoms with Crippen LogP contribution in [0.1, 0.15) is 42.8 Å². The van der Waals surface area contributed by atoms with Gasteiger partial charge < -0.3 is 34.4 Å². The summed E-state index contributed by atoms with van der Waals surface area (Å²) in [5.74, 6) is 1.77. The molecule has 1 amide bonds. The van der Waals surface area contributed by atoms with Crippen molar-refractivity contribution in [2.24, 2.45) is 0 Å². The van der Waals surface area contributed by atoms with Gasteiger partial charge in [-0.2, -0.15) is 0 Å². The minimum atomic E-state index is -0.887. The first-order valence-electron chi connectivity index (χ1n) is 14.1. The Bertz CT molecular complexity index is 1510. The Morgan fingerprint density at radius 2 is 1.60 bits per heavy atom. The molecule has 0 spiro atoms. The summed E-state index contributed by atoms with van der Waals surface area (Å²) in [6.07, 6.45) is 0.0700. The van der Waals surface area contributed by atoms with E-state index in [1.807, 2.05) is 67.6 Å². The summed E-state index contributed by atoms with van der Waals surface area (Å²) in [5.41, 5.74) is 5.14. The minimum absolute atomic E-state index is 0.0146. The number of carboxylic acids is 1. The lowest BCUT2D eigenvalue weighted by molar-refractivity contribution is -0.136. The molecule has 226 valence electrons. The smallest absolute Gasteiger partial charge is 0.407 e. The Labute approximate surface area is 251 Å². The second kappa shape index (κ2) is 14.8. The van der Waals surface area contributed by atoms with E-state index in [1.165, 1.54) is 0 Å². The van der Waals surface area contributed by atoms with Gasteiger partial charge in [-0.3, -0.25) is 4.79 Å². The van der Waals surface area contributed by atoms with Gasteiger partial charge in [0.25, 0.3) is 0 Å². The van der Waals surface area contributed by atoms with Crippen LogP contribution in [0.5, 0.6) is 11.5 Å². The van der Waals surface area contributed by atoms with Crippen LogP contribution in [0, 0.1) is 6.92 Å². The van der Waals surface area contributed by atoms with Gasteiger partial charge in [0, 0.05) is 36.3 Å². The molecule has 0 aliphatic rings. The number of aliphatic carboxylic acids is 1. The molecule has 0 bridgehead atoms. The van der Waals surface area contributed by atoms with Gasteiger partial charge in [-0.05, 0) is 99.0 Å². The number of amides is 1. The second-order valence-corrected chi connectivity index (χ2v) is 10.2. The van der Waals surface area contributed by atoms with Crippen molar-refractivity contribution < 1.29 is 33.3 Å². The largest absolute Gasteiger partial charge is 0.497 e. The predicted molar refractivity (Wildman–Crippen MR) is 163 cm³/mol. The molecule has 1 heterocycles. The standard InChI is InChI=1S/C33H37N3O7/c1-21(2)42-33(39)34-20-25-19-29(13-7-23(25)8-16-31(37)38)41-18-17-30-22(3)43-32(36-30)24-5-9-26(10-6-24)35-27-11-14-28(40-4)15-12-27/h5-7,9-15,19,21,35H,8,16-18,20H2,1-4H3,(H,34,39)(H,37,38). The van der Waals surface area contributed by atoms with E-state index in [2.05, 4.69) is 10.6 Å². The third-order valence-corrected chi connectivity index (χ3v) is 6.56. The molecule has 1 aromatic heterocycles. The highest BCUT2D eigenvalue weighted by atomic mass is 16.6. The summed E-state index contributed by atoms with van der Waals surface area (Å²) >= 11 is 0. The molecule has 0 aliphatic heterocycles. The summed E-state index contributed by atoms with van der Waals surface area (Å²) in [4.78, 5) is 27.8. The van der Waals surface area contributed by atoms with Crippen LogP contribution in [0.3, 0.4) is 0 Å². The van der Waals surface area contributed by atoms with Gasteiger partial charge in [-0.25, -0.2) is 9.78 Å². The Kier molecular flexibility index (Phi) is 10.6. The lowest BCUT2D eigenvalue weighted by Gasteiger charge is -2.14. The molecule has 3 N–H and O–H groups in total. The number of carbonyl (C=O) groups is 2. The van der Waals surface area contributed by atoms with Crippen LogP contribution >= 0.6 is 0 Å². The quantitative estimate of drug-likeness (QED) is 0.148. The molecule has 0 atom stereocenters. The van der Waals surface area contributed by atoms with Crippen molar-refractivity contribution in [1.29, 1.82) is 0 Å². The summed E-state index contributed by atoms with van der Waals surface area (Å²) in [6.45, 7) is 5.96. The van der Waals surface area contributed by atoms with Gasteiger partial charge >= 0.3 is 12.1 Å². The average molecular weight is 588 g/mol. The molecular formula is C33H37N3O7. The Morgan fingerprint density at radius 3 is 2.26 bits per heavy atom. The number of benzene rings is 3. The van der Waals surface area contributed by atoms with Gasteiger partial charge in [0.2, 0.25) is 5.89 Å². The van der Waals surface area contributed by atoms with Crippen molar-refractivity contribution in [3.05, 3.63) is 89.3 Å². The van der Waals surface area contributed by atoms with Crippen molar-refractivity contribution in [1.82, 2.24) is 10.3 Å². The van der Waals surface area contributed by atoms with Gasteiger partial charge in [-0.15, -0.1) is 0 Å². The fraction of sp³-hybridized carbons (Fsp3) is 0.303. The maximum atomic E-state index is 12.0. The third kappa shape index (κ3) is 9.26. The lowest BCUT2D eigenvalue weighted by Crippen LogP contribution is -2.26. The number of methoxy groups -OCH3 is 1.